The van der Waals surface area contributed by atoms with Crippen molar-refractivity contribution < 1.29 is 36.6 Å². The number of aliphatic hydroxyl groups is 2. The summed E-state index contributed by atoms with van der Waals surface area (Å²) < 4.78 is 65.7. The monoisotopic (exact) mass is 562 g/mol. The summed E-state index contributed by atoms with van der Waals surface area (Å²) in [4.78, 5) is 13.0. The van der Waals surface area contributed by atoms with Crippen molar-refractivity contribution in [2.75, 3.05) is 6.54 Å². The lowest BCUT2D eigenvalue weighted by Gasteiger charge is -2.24. The highest BCUT2D eigenvalue weighted by Crippen LogP contribution is 2.32. The number of hydrogen-bond donors (Lipinski definition) is 4. The molecule has 3 aromatic rings. The van der Waals surface area contributed by atoms with Gasteiger partial charge in [0.25, 0.3) is 0 Å². The molecular weight excluding hydrogens is 533 g/mol. The van der Waals surface area contributed by atoms with Gasteiger partial charge in [-0.25, -0.2) is 13.1 Å². The van der Waals surface area contributed by atoms with E-state index in [4.69, 9.17) is 0 Å². The van der Waals surface area contributed by atoms with Crippen molar-refractivity contribution in [2.24, 2.45) is 5.92 Å². The van der Waals surface area contributed by atoms with Crippen LogP contribution in [0.25, 0.3) is 0 Å². The zero-order chi connectivity index (χ0) is 28.2. The molecule has 0 saturated carbocycles. The minimum absolute atomic E-state index is 0.0965. The molecule has 0 fully saturated rings. The highest BCUT2D eigenvalue weighted by atomic mass is 32.2. The van der Waals surface area contributed by atoms with Gasteiger partial charge in [0.2, 0.25) is 15.9 Å². The second-order valence-corrected chi connectivity index (χ2v) is 11.4. The molecule has 0 spiro atoms. The maximum absolute atomic E-state index is 13.4. The number of sulfonamides is 1. The molecule has 4 rings (SSSR count). The molecule has 11 heteroatoms. The zero-order valence-electron chi connectivity index (χ0n) is 20.8. The molecule has 3 aromatic carbocycles. The Balaban J connectivity index is 1.43. The fraction of sp³-hybridized carbons (Fsp3) is 0.321. The first-order valence-electron chi connectivity index (χ1n) is 12.4. The van der Waals surface area contributed by atoms with E-state index in [2.05, 4.69) is 10.0 Å². The molecule has 0 heterocycles. The molecule has 1 aliphatic rings. The van der Waals surface area contributed by atoms with Crippen LogP contribution in [0.15, 0.2) is 83.8 Å². The average molecular weight is 563 g/mol. The first-order chi connectivity index (χ1) is 18.4. The van der Waals surface area contributed by atoms with Crippen LogP contribution in [0.3, 0.4) is 0 Å². The molecule has 39 heavy (non-hydrogen) atoms. The Morgan fingerprint density at radius 1 is 0.974 bits per heavy atom. The third-order valence-corrected chi connectivity index (χ3v) is 8.19. The van der Waals surface area contributed by atoms with Crippen LogP contribution in [-0.4, -0.2) is 43.3 Å². The predicted molar refractivity (Wildman–Crippen MR) is 138 cm³/mol. The average Bonchev–Trinajstić information content (AvgIpc) is 3.22. The van der Waals surface area contributed by atoms with Gasteiger partial charge in [-0.1, -0.05) is 54.6 Å². The number of rotatable bonds is 10. The van der Waals surface area contributed by atoms with E-state index in [1.807, 2.05) is 54.6 Å². The Labute approximate surface area is 224 Å². The minimum atomic E-state index is -4.60. The Bertz CT molecular complexity index is 1380. The van der Waals surface area contributed by atoms with Crippen LogP contribution >= 0.6 is 0 Å². The lowest BCUT2D eigenvalue weighted by molar-refractivity contribution is -0.137. The smallest absolute Gasteiger partial charge is 0.392 e. The van der Waals surface area contributed by atoms with Gasteiger partial charge in [-0.3, -0.25) is 4.79 Å². The highest BCUT2D eigenvalue weighted by Gasteiger charge is 2.34. The summed E-state index contributed by atoms with van der Waals surface area (Å²) >= 11 is 0. The number of amides is 1. The van der Waals surface area contributed by atoms with Gasteiger partial charge in [0.05, 0.1) is 28.7 Å². The molecule has 208 valence electrons. The van der Waals surface area contributed by atoms with Gasteiger partial charge in [-0.05, 0) is 53.8 Å². The summed E-state index contributed by atoms with van der Waals surface area (Å²) in [6.07, 6.45) is -6.10. The van der Waals surface area contributed by atoms with Crippen molar-refractivity contribution >= 4 is 15.9 Å². The van der Waals surface area contributed by atoms with Gasteiger partial charge >= 0.3 is 6.18 Å². The standard InChI is InChI=1S/C28H29F3N2O5S/c29-28(30,31)21-10-12-23(13-11-21)39(37,38)32-17-22(34)15-20(14-18-6-2-1-3-7-18)27(36)33-26-24-9-5-4-8-19(24)16-25(26)35/h1-13,20,22,25-26,32,34-35H,14-17H2,(H,33,36)/t20-,22+,25-,26+/m1/s1. The van der Waals surface area contributed by atoms with E-state index in [9.17, 15) is 36.6 Å². The summed E-state index contributed by atoms with van der Waals surface area (Å²) in [5.74, 6) is -1.15. The third kappa shape index (κ3) is 7.24. The Hall–Kier alpha value is -3.25. The highest BCUT2D eigenvalue weighted by molar-refractivity contribution is 7.89. The number of hydrogen-bond acceptors (Lipinski definition) is 5. The molecule has 0 aliphatic heterocycles. The van der Waals surface area contributed by atoms with Crippen molar-refractivity contribution in [1.29, 1.82) is 0 Å². The second kappa shape index (κ2) is 11.9. The van der Waals surface area contributed by atoms with E-state index in [-0.39, 0.29) is 17.7 Å². The van der Waals surface area contributed by atoms with Crippen LogP contribution in [-0.2, 0) is 33.8 Å². The number of aliphatic hydroxyl groups excluding tert-OH is 2. The Morgan fingerprint density at radius 2 is 1.62 bits per heavy atom. The SMILES string of the molecule is O=C(N[C@H]1c2ccccc2C[C@H]1O)[C@H](Cc1ccccc1)C[C@H](O)CNS(=O)(=O)c1ccc(C(F)(F)F)cc1. The van der Waals surface area contributed by atoms with Gasteiger partial charge in [0.1, 0.15) is 0 Å². The van der Waals surface area contributed by atoms with E-state index in [1.54, 1.807) is 0 Å². The van der Waals surface area contributed by atoms with Crippen LogP contribution in [0.4, 0.5) is 13.2 Å². The molecule has 4 atom stereocenters. The largest absolute Gasteiger partial charge is 0.416 e. The number of carbonyl (C=O) groups excluding carboxylic acids is 1. The van der Waals surface area contributed by atoms with Crippen LogP contribution in [0.5, 0.6) is 0 Å². The van der Waals surface area contributed by atoms with Crippen molar-refractivity contribution in [1.82, 2.24) is 10.0 Å². The maximum Gasteiger partial charge on any atom is 0.416 e. The van der Waals surface area contributed by atoms with E-state index >= 15 is 0 Å². The van der Waals surface area contributed by atoms with Crippen LogP contribution < -0.4 is 10.0 Å². The van der Waals surface area contributed by atoms with Crippen molar-refractivity contribution in [3.8, 4) is 0 Å². The number of nitrogens with one attached hydrogen (secondary N) is 2. The number of alkyl halides is 3. The third-order valence-electron chi connectivity index (χ3n) is 6.75. The van der Waals surface area contributed by atoms with Crippen molar-refractivity contribution in [3.05, 3.63) is 101 Å². The van der Waals surface area contributed by atoms with Crippen LogP contribution in [0.1, 0.15) is 34.7 Å². The molecular formula is C28H29F3N2O5S. The Kier molecular flexibility index (Phi) is 8.75. The molecule has 4 N–H and O–H groups in total. The van der Waals surface area contributed by atoms with Crippen molar-refractivity contribution in [2.45, 2.75) is 48.6 Å². The molecule has 0 aromatic heterocycles. The van der Waals surface area contributed by atoms with Crippen LogP contribution in [0, 0.1) is 5.92 Å². The first-order valence-corrected chi connectivity index (χ1v) is 13.9. The minimum Gasteiger partial charge on any atom is -0.392 e. The number of halogens is 3. The number of carbonyl (C=O) groups is 1. The summed E-state index contributed by atoms with van der Waals surface area (Å²) in [5.41, 5.74) is 1.61. The van der Waals surface area contributed by atoms with Gasteiger partial charge in [0.15, 0.2) is 0 Å². The van der Waals surface area contributed by atoms with Gasteiger partial charge in [-0.2, -0.15) is 13.2 Å². The number of fused-ring (bicyclic) bond motifs is 1. The molecule has 7 nitrogen and oxygen atoms in total. The first kappa shape index (κ1) is 28.8. The summed E-state index contributed by atoms with van der Waals surface area (Å²) in [6.45, 7) is -0.448. The maximum atomic E-state index is 13.4. The predicted octanol–water partition coefficient (Wildman–Crippen LogP) is 3.37. The van der Waals surface area contributed by atoms with Crippen LogP contribution in [0.2, 0.25) is 0 Å². The molecule has 0 radical (unpaired) electrons. The van der Waals surface area contributed by atoms with E-state index in [0.29, 0.717) is 18.6 Å². The quantitative estimate of drug-likeness (QED) is 0.303. The van der Waals surface area contributed by atoms with Gasteiger partial charge in [-0.15, -0.1) is 0 Å². The van der Waals surface area contributed by atoms with E-state index in [0.717, 1.165) is 28.8 Å². The van der Waals surface area contributed by atoms with Gasteiger partial charge in [0, 0.05) is 18.9 Å². The number of benzene rings is 3. The molecule has 1 aliphatic carbocycles. The summed E-state index contributed by atoms with van der Waals surface area (Å²) in [6, 6.07) is 18.9. The molecule has 1 amide bonds. The van der Waals surface area contributed by atoms with Crippen molar-refractivity contribution in [3.63, 3.8) is 0 Å². The lowest BCUT2D eigenvalue weighted by atomic mass is 9.92. The topological polar surface area (TPSA) is 116 Å². The normalized spacial score (nSPS) is 18.8. The van der Waals surface area contributed by atoms with E-state index in [1.165, 1.54) is 0 Å². The summed E-state index contributed by atoms with van der Waals surface area (Å²) in [5, 5.41) is 24.1. The van der Waals surface area contributed by atoms with E-state index < -0.39 is 58.4 Å². The Morgan fingerprint density at radius 3 is 2.28 bits per heavy atom. The molecule has 0 unspecified atom stereocenters. The van der Waals surface area contributed by atoms with Gasteiger partial charge < -0.3 is 15.5 Å². The molecule has 0 bridgehead atoms. The fourth-order valence-corrected chi connectivity index (χ4v) is 5.80. The lowest BCUT2D eigenvalue weighted by Crippen LogP contribution is -2.41. The fourth-order valence-electron chi connectivity index (χ4n) is 4.72. The second-order valence-electron chi connectivity index (χ2n) is 9.61. The zero-order valence-corrected chi connectivity index (χ0v) is 21.6. The summed E-state index contributed by atoms with van der Waals surface area (Å²) in [7, 11) is -4.20. The molecule has 0 saturated heterocycles.